The van der Waals surface area contributed by atoms with Gasteiger partial charge in [-0.05, 0) is 80.1 Å². The zero-order valence-corrected chi connectivity index (χ0v) is 24.1. The molecule has 2 aromatic heterocycles. The summed E-state index contributed by atoms with van der Waals surface area (Å²) in [4.78, 5) is 26.1. The summed E-state index contributed by atoms with van der Waals surface area (Å²) < 4.78 is 5.58. The largest absolute Gasteiger partial charge is 0.494 e. The number of likely N-dealkylation sites (tertiary alicyclic amines) is 1. The van der Waals surface area contributed by atoms with Gasteiger partial charge in [-0.3, -0.25) is 4.79 Å². The lowest BCUT2D eigenvalue weighted by Gasteiger charge is -2.23. The van der Waals surface area contributed by atoms with E-state index in [1.165, 1.54) is 0 Å². The minimum Gasteiger partial charge on any atom is -0.494 e. The van der Waals surface area contributed by atoms with Crippen LogP contribution in [0.1, 0.15) is 30.4 Å². The summed E-state index contributed by atoms with van der Waals surface area (Å²) in [6.07, 6.45) is 4.43. The minimum atomic E-state index is 0.0624. The standard InChI is InChI=1S/C36H34N4O3/c1-39-20-29-28(30(29)21-39)19-33(41)40(26-14-15-26)25-12-10-24(11-13-25)37-35(22-6-3-2-4-7-22)34-27-16-9-23(32-8-5-17-43-32)18-31(27)38-36(34)42/h2-13,16-18,26,28-30,38,42H,14-15,19-21H2,1H3. The van der Waals surface area contributed by atoms with Crippen LogP contribution in [0.4, 0.5) is 11.4 Å². The van der Waals surface area contributed by atoms with Crippen LogP contribution >= 0.6 is 0 Å². The number of H-pyrrole nitrogens is 1. The van der Waals surface area contributed by atoms with Gasteiger partial charge in [0.05, 0.1) is 23.2 Å². The number of aliphatic imine (C=N–C) groups is 1. The van der Waals surface area contributed by atoms with Crippen LogP contribution in [0.25, 0.3) is 22.2 Å². The number of aromatic nitrogens is 1. The van der Waals surface area contributed by atoms with Gasteiger partial charge in [0.15, 0.2) is 5.88 Å². The summed E-state index contributed by atoms with van der Waals surface area (Å²) in [5.41, 5.74) is 5.63. The van der Waals surface area contributed by atoms with Gasteiger partial charge in [-0.25, -0.2) is 4.99 Å². The SMILES string of the molecule is CN1CC2C(CC(=O)N(c3ccc(N=C(c4ccccc4)c4c(O)[nH]c5cc(-c6ccco6)ccc45)cc3)C3CC3)C2C1. The summed E-state index contributed by atoms with van der Waals surface area (Å²) in [7, 11) is 2.17. The molecule has 7 nitrogen and oxygen atoms in total. The molecule has 1 aliphatic heterocycles. The van der Waals surface area contributed by atoms with Crippen molar-refractivity contribution in [2.75, 3.05) is 25.0 Å². The van der Waals surface area contributed by atoms with Crippen molar-refractivity contribution < 1.29 is 14.3 Å². The Balaban J connectivity index is 1.11. The Morgan fingerprint density at radius 2 is 1.77 bits per heavy atom. The van der Waals surface area contributed by atoms with Crippen LogP contribution in [0.5, 0.6) is 5.88 Å². The number of benzene rings is 3. The van der Waals surface area contributed by atoms with Crippen molar-refractivity contribution in [3.05, 3.63) is 102 Å². The van der Waals surface area contributed by atoms with Crippen LogP contribution in [0.15, 0.2) is 101 Å². The Hall–Kier alpha value is -4.62. The molecule has 2 unspecified atom stereocenters. The number of hydrogen-bond donors (Lipinski definition) is 2. The van der Waals surface area contributed by atoms with Crippen molar-refractivity contribution in [2.45, 2.75) is 25.3 Å². The molecule has 5 aromatic rings. The Bertz CT molecular complexity index is 1810. The van der Waals surface area contributed by atoms with Gasteiger partial charge in [-0.15, -0.1) is 0 Å². The predicted octanol–water partition coefficient (Wildman–Crippen LogP) is 7.00. The fraction of sp³-hybridized carbons (Fsp3) is 0.278. The van der Waals surface area contributed by atoms with Gasteiger partial charge in [0.1, 0.15) is 5.76 Å². The molecule has 1 saturated heterocycles. The van der Waals surface area contributed by atoms with E-state index in [0.717, 1.165) is 65.1 Å². The van der Waals surface area contributed by atoms with Gasteiger partial charge in [-0.1, -0.05) is 42.5 Å². The third-order valence-electron chi connectivity index (χ3n) is 9.38. The van der Waals surface area contributed by atoms with Crippen LogP contribution in [-0.2, 0) is 4.79 Å². The van der Waals surface area contributed by atoms with E-state index in [2.05, 4.69) is 16.9 Å². The third kappa shape index (κ3) is 4.83. The molecule has 0 spiro atoms. The van der Waals surface area contributed by atoms with Crippen molar-refractivity contribution in [3.63, 3.8) is 0 Å². The van der Waals surface area contributed by atoms with Gasteiger partial charge < -0.3 is 24.3 Å². The van der Waals surface area contributed by atoms with Crippen LogP contribution in [0.2, 0.25) is 0 Å². The molecule has 2 atom stereocenters. The molecular formula is C36H34N4O3. The second kappa shape index (κ2) is 10.3. The van der Waals surface area contributed by atoms with Crippen LogP contribution in [0.3, 0.4) is 0 Å². The van der Waals surface area contributed by atoms with Crippen molar-refractivity contribution >= 4 is 33.9 Å². The zero-order chi connectivity index (χ0) is 29.1. The number of rotatable bonds is 8. The molecule has 2 aliphatic carbocycles. The summed E-state index contributed by atoms with van der Waals surface area (Å²) in [6.45, 7) is 2.25. The number of nitrogens with zero attached hydrogens (tertiary/aromatic N) is 3. The molecule has 0 radical (unpaired) electrons. The number of fused-ring (bicyclic) bond motifs is 2. The average molecular weight is 571 g/mol. The maximum absolute atomic E-state index is 13.5. The van der Waals surface area contributed by atoms with Crippen molar-refractivity contribution in [2.24, 2.45) is 22.7 Å². The van der Waals surface area contributed by atoms with Crippen LogP contribution in [-0.4, -0.2) is 52.8 Å². The van der Waals surface area contributed by atoms with Crippen molar-refractivity contribution in [3.8, 4) is 17.2 Å². The number of aromatic amines is 1. The van der Waals surface area contributed by atoms with E-state index in [9.17, 15) is 9.90 Å². The number of carbonyl (C=O) groups excluding carboxylic acids is 1. The highest BCUT2D eigenvalue weighted by atomic mass is 16.3. The summed E-state index contributed by atoms with van der Waals surface area (Å²) in [5, 5.41) is 12.0. The molecule has 3 fully saturated rings. The quantitative estimate of drug-likeness (QED) is 0.197. The fourth-order valence-corrected chi connectivity index (χ4v) is 7.05. The number of nitrogens with one attached hydrogen (secondary N) is 1. The van der Waals surface area contributed by atoms with E-state index in [4.69, 9.17) is 9.41 Å². The average Bonchev–Trinajstić information content (AvgIpc) is 3.73. The lowest BCUT2D eigenvalue weighted by atomic mass is 10.00. The van der Waals surface area contributed by atoms with Gasteiger partial charge in [0, 0.05) is 53.3 Å². The first-order valence-electron chi connectivity index (χ1n) is 15.2. The lowest BCUT2D eigenvalue weighted by Crippen LogP contribution is -2.34. The Morgan fingerprint density at radius 3 is 2.47 bits per heavy atom. The smallest absolute Gasteiger partial charge is 0.227 e. The number of amides is 1. The van der Waals surface area contributed by atoms with Crippen LogP contribution < -0.4 is 4.90 Å². The molecule has 216 valence electrons. The van der Waals surface area contributed by atoms with Gasteiger partial charge in [0.25, 0.3) is 0 Å². The third-order valence-corrected chi connectivity index (χ3v) is 9.38. The van der Waals surface area contributed by atoms with Crippen molar-refractivity contribution in [1.82, 2.24) is 9.88 Å². The highest BCUT2D eigenvalue weighted by Crippen LogP contribution is 2.53. The van der Waals surface area contributed by atoms with Gasteiger partial charge >= 0.3 is 0 Å². The summed E-state index contributed by atoms with van der Waals surface area (Å²) in [5.74, 6) is 3.01. The van der Waals surface area contributed by atoms with E-state index in [1.807, 2.05) is 89.8 Å². The molecule has 2 saturated carbocycles. The molecule has 1 amide bonds. The van der Waals surface area contributed by atoms with E-state index in [-0.39, 0.29) is 11.8 Å². The highest BCUT2D eigenvalue weighted by molar-refractivity contribution is 6.22. The maximum Gasteiger partial charge on any atom is 0.227 e. The molecule has 2 N–H and O–H groups in total. The molecule has 8 rings (SSSR count). The number of carbonyl (C=O) groups is 1. The summed E-state index contributed by atoms with van der Waals surface area (Å²) in [6, 6.07) is 27.9. The fourth-order valence-electron chi connectivity index (χ4n) is 7.05. The first kappa shape index (κ1) is 26.0. The number of anilines is 1. The normalized spacial score (nSPS) is 21.7. The van der Waals surface area contributed by atoms with E-state index < -0.39 is 0 Å². The maximum atomic E-state index is 13.5. The first-order chi connectivity index (χ1) is 21.0. The number of furan rings is 1. The van der Waals surface area contributed by atoms with Gasteiger partial charge in [0.2, 0.25) is 5.91 Å². The second-order valence-corrected chi connectivity index (χ2v) is 12.3. The molecule has 3 aromatic carbocycles. The second-order valence-electron chi connectivity index (χ2n) is 12.3. The van der Waals surface area contributed by atoms with Crippen LogP contribution in [0, 0.1) is 17.8 Å². The highest BCUT2D eigenvalue weighted by Gasteiger charge is 2.55. The Morgan fingerprint density at radius 1 is 1.00 bits per heavy atom. The summed E-state index contributed by atoms with van der Waals surface area (Å²) >= 11 is 0. The zero-order valence-electron chi connectivity index (χ0n) is 24.1. The molecule has 7 heteroatoms. The van der Waals surface area contributed by atoms with Crippen molar-refractivity contribution in [1.29, 1.82) is 0 Å². The molecule has 3 heterocycles. The Labute approximate surface area is 250 Å². The monoisotopic (exact) mass is 570 g/mol. The first-order valence-corrected chi connectivity index (χ1v) is 15.2. The van der Waals surface area contributed by atoms with E-state index >= 15 is 0 Å². The lowest BCUT2D eigenvalue weighted by molar-refractivity contribution is -0.119. The van der Waals surface area contributed by atoms with E-state index in [1.54, 1.807) is 6.26 Å². The molecule has 0 bridgehead atoms. The topological polar surface area (TPSA) is 85.1 Å². The number of aromatic hydroxyl groups is 1. The van der Waals surface area contributed by atoms with Gasteiger partial charge in [-0.2, -0.15) is 0 Å². The minimum absolute atomic E-state index is 0.0624. The number of hydrogen-bond acceptors (Lipinski definition) is 5. The molecular weight excluding hydrogens is 536 g/mol. The predicted molar refractivity (Wildman–Crippen MR) is 169 cm³/mol. The van der Waals surface area contributed by atoms with E-state index in [0.29, 0.717) is 41.5 Å². The Kier molecular flexibility index (Phi) is 6.22. The molecule has 3 aliphatic rings. The number of piperidine rings is 1. The molecule has 43 heavy (non-hydrogen) atoms.